The SMILES string of the molecule is CC(C)(C)N1CC(C(=O)N2CCC(NC(=O)c3ccc(=O)[nH]n3)CC2)CC1=O. The summed E-state index contributed by atoms with van der Waals surface area (Å²) in [6.45, 7) is 7.48. The highest BCUT2D eigenvalue weighted by atomic mass is 16.2. The smallest absolute Gasteiger partial charge is 0.271 e. The number of hydrogen-bond donors (Lipinski definition) is 2. The van der Waals surface area contributed by atoms with Gasteiger partial charge >= 0.3 is 0 Å². The Hall–Kier alpha value is -2.71. The average Bonchev–Trinajstić information content (AvgIpc) is 3.04. The minimum Gasteiger partial charge on any atom is -0.348 e. The van der Waals surface area contributed by atoms with Gasteiger partial charge in [0.15, 0.2) is 0 Å². The van der Waals surface area contributed by atoms with E-state index in [4.69, 9.17) is 0 Å². The molecule has 2 saturated heterocycles. The summed E-state index contributed by atoms with van der Waals surface area (Å²) in [6, 6.07) is 2.58. The summed E-state index contributed by atoms with van der Waals surface area (Å²) in [4.78, 5) is 51.8. The zero-order chi connectivity index (χ0) is 20.5. The minimum atomic E-state index is -0.362. The van der Waals surface area contributed by atoms with E-state index in [1.807, 2.05) is 20.8 Å². The molecule has 9 nitrogen and oxygen atoms in total. The molecule has 0 bridgehead atoms. The standard InChI is InChI=1S/C19H27N5O4/c1-19(2,3)24-11-12(10-16(24)26)18(28)23-8-6-13(7-9-23)20-17(27)14-4-5-15(25)22-21-14/h4-5,12-13H,6-11H2,1-3H3,(H,20,27)(H,22,25). The Kier molecular flexibility index (Phi) is 5.53. The van der Waals surface area contributed by atoms with E-state index in [0.717, 1.165) is 0 Å². The molecule has 28 heavy (non-hydrogen) atoms. The van der Waals surface area contributed by atoms with Gasteiger partial charge in [-0.3, -0.25) is 19.2 Å². The van der Waals surface area contributed by atoms with Gasteiger partial charge in [-0.2, -0.15) is 5.10 Å². The van der Waals surface area contributed by atoms with E-state index in [1.54, 1.807) is 9.80 Å². The van der Waals surface area contributed by atoms with E-state index in [1.165, 1.54) is 12.1 Å². The molecule has 0 saturated carbocycles. The highest BCUT2D eigenvalue weighted by Crippen LogP contribution is 2.27. The Bertz CT molecular complexity index is 800. The Balaban J connectivity index is 1.50. The fourth-order valence-corrected chi connectivity index (χ4v) is 3.75. The number of nitrogens with one attached hydrogen (secondary N) is 2. The summed E-state index contributed by atoms with van der Waals surface area (Å²) in [5, 5.41) is 8.85. The third kappa shape index (κ3) is 4.40. The number of hydrogen-bond acceptors (Lipinski definition) is 5. The van der Waals surface area contributed by atoms with Crippen LogP contribution in [0.4, 0.5) is 0 Å². The van der Waals surface area contributed by atoms with Crippen molar-refractivity contribution in [3.8, 4) is 0 Å². The van der Waals surface area contributed by atoms with Gasteiger partial charge in [-0.25, -0.2) is 5.10 Å². The number of H-pyrrole nitrogens is 1. The molecule has 152 valence electrons. The van der Waals surface area contributed by atoms with Gasteiger partial charge in [-0.15, -0.1) is 0 Å². The highest BCUT2D eigenvalue weighted by molar-refractivity contribution is 5.92. The molecule has 3 rings (SSSR count). The maximum absolute atomic E-state index is 12.8. The fraction of sp³-hybridized carbons (Fsp3) is 0.632. The molecule has 1 aromatic heterocycles. The maximum Gasteiger partial charge on any atom is 0.271 e. The summed E-state index contributed by atoms with van der Waals surface area (Å²) >= 11 is 0. The van der Waals surface area contributed by atoms with Gasteiger partial charge < -0.3 is 15.1 Å². The van der Waals surface area contributed by atoms with Crippen LogP contribution >= 0.6 is 0 Å². The van der Waals surface area contributed by atoms with Gasteiger partial charge in [0.1, 0.15) is 5.69 Å². The predicted octanol–water partition coefficient (Wildman–Crippen LogP) is 0.138. The van der Waals surface area contributed by atoms with Gasteiger partial charge in [0.25, 0.3) is 11.5 Å². The molecule has 1 aromatic rings. The van der Waals surface area contributed by atoms with Crippen LogP contribution in [0.1, 0.15) is 50.5 Å². The quantitative estimate of drug-likeness (QED) is 0.763. The second-order valence-corrected chi connectivity index (χ2v) is 8.46. The van der Waals surface area contributed by atoms with Gasteiger partial charge in [0, 0.05) is 43.7 Å². The first-order valence-corrected chi connectivity index (χ1v) is 9.61. The van der Waals surface area contributed by atoms with Gasteiger partial charge in [-0.1, -0.05) is 0 Å². The van der Waals surface area contributed by atoms with Gasteiger partial charge in [-0.05, 0) is 39.7 Å². The number of rotatable bonds is 3. The first-order valence-electron chi connectivity index (χ1n) is 9.61. The zero-order valence-corrected chi connectivity index (χ0v) is 16.5. The number of piperidine rings is 1. The van der Waals surface area contributed by atoms with E-state index in [-0.39, 0.29) is 52.9 Å². The Morgan fingerprint density at radius 1 is 1.18 bits per heavy atom. The van der Waals surface area contributed by atoms with E-state index in [9.17, 15) is 19.2 Å². The number of amides is 3. The first kappa shape index (κ1) is 20.0. The van der Waals surface area contributed by atoms with Crippen molar-refractivity contribution in [3.63, 3.8) is 0 Å². The lowest BCUT2D eigenvalue weighted by atomic mass is 10.0. The van der Waals surface area contributed by atoms with E-state index >= 15 is 0 Å². The molecule has 2 aliphatic rings. The number of aromatic nitrogens is 2. The molecule has 2 fully saturated rings. The Morgan fingerprint density at radius 2 is 1.86 bits per heavy atom. The molecule has 3 amide bonds. The van der Waals surface area contributed by atoms with E-state index in [0.29, 0.717) is 32.5 Å². The number of nitrogens with zero attached hydrogens (tertiary/aromatic N) is 3. The van der Waals surface area contributed by atoms with Crippen LogP contribution in [0, 0.1) is 5.92 Å². The average molecular weight is 389 g/mol. The number of aromatic amines is 1. The fourth-order valence-electron chi connectivity index (χ4n) is 3.75. The molecule has 1 unspecified atom stereocenters. The van der Waals surface area contributed by atoms with Gasteiger partial charge in [0.05, 0.1) is 5.92 Å². The predicted molar refractivity (Wildman–Crippen MR) is 101 cm³/mol. The molecule has 0 aromatic carbocycles. The van der Waals surface area contributed by atoms with Crippen molar-refractivity contribution < 1.29 is 14.4 Å². The highest BCUT2D eigenvalue weighted by Gasteiger charge is 2.41. The molecule has 9 heteroatoms. The van der Waals surface area contributed by atoms with E-state index < -0.39 is 0 Å². The molecular weight excluding hydrogens is 362 g/mol. The van der Waals surface area contributed by atoms with Crippen molar-refractivity contribution >= 4 is 17.7 Å². The lowest BCUT2D eigenvalue weighted by Crippen LogP contribution is -2.49. The third-order valence-corrected chi connectivity index (χ3v) is 5.34. The van der Waals surface area contributed by atoms with E-state index in [2.05, 4.69) is 15.5 Å². The van der Waals surface area contributed by atoms with Crippen molar-refractivity contribution in [1.82, 2.24) is 25.3 Å². The molecule has 3 heterocycles. The van der Waals surface area contributed by atoms with Crippen molar-refractivity contribution in [3.05, 3.63) is 28.2 Å². The Morgan fingerprint density at radius 3 is 2.39 bits per heavy atom. The summed E-state index contributed by atoms with van der Waals surface area (Å²) < 4.78 is 0. The second kappa shape index (κ2) is 7.73. The van der Waals surface area contributed by atoms with Crippen LogP contribution in [-0.2, 0) is 9.59 Å². The summed E-state index contributed by atoms with van der Waals surface area (Å²) in [5.74, 6) is -0.583. The van der Waals surface area contributed by atoms with Crippen molar-refractivity contribution in [2.45, 2.75) is 51.6 Å². The molecule has 2 aliphatic heterocycles. The molecule has 0 spiro atoms. The number of carbonyl (C=O) groups excluding carboxylic acids is 3. The molecule has 1 atom stereocenters. The monoisotopic (exact) mass is 389 g/mol. The van der Waals surface area contributed by atoms with Crippen molar-refractivity contribution in [2.24, 2.45) is 5.92 Å². The van der Waals surface area contributed by atoms with Crippen LogP contribution in [0.15, 0.2) is 16.9 Å². The third-order valence-electron chi connectivity index (χ3n) is 5.34. The number of carbonyl (C=O) groups is 3. The maximum atomic E-state index is 12.8. The van der Waals surface area contributed by atoms with Gasteiger partial charge in [0.2, 0.25) is 11.8 Å². The molecule has 2 N–H and O–H groups in total. The summed E-state index contributed by atoms with van der Waals surface area (Å²) in [6.07, 6.45) is 1.56. The zero-order valence-electron chi connectivity index (χ0n) is 16.5. The molecule has 0 radical (unpaired) electrons. The Labute approximate surface area is 163 Å². The van der Waals surface area contributed by atoms with Crippen LogP contribution < -0.4 is 10.9 Å². The lowest BCUT2D eigenvalue weighted by Gasteiger charge is -2.35. The topological polar surface area (TPSA) is 115 Å². The minimum absolute atomic E-state index is 0.0205. The van der Waals surface area contributed by atoms with Crippen LogP contribution in [-0.4, -0.2) is 68.9 Å². The molecular formula is C19H27N5O4. The van der Waals surface area contributed by atoms with Crippen LogP contribution in [0.2, 0.25) is 0 Å². The summed E-state index contributed by atoms with van der Waals surface area (Å²) in [7, 11) is 0. The van der Waals surface area contributed by atoms with Crippen molar-refractivity contribution in [1.29, 1.82) is 0 Å². The van der Waals surface area contributed by atoms with Crippen LogP contribution in [0.5, 0.6) is 0 Å². The normalized spacial score (nSPS) is 21.1. The van der Waals surface area contributed by atoms with Crippen molar-refractivity contribution in [2.75, 3.05) is 19.6 Å². The second-order valence-electron chi connectivity index (χ2n) is 8.46. The molecule has 0 aliphatic carbocycles. The van der Waals surface area contributed by atoms with Crippen LogP contribution in [0.3, 0.4) is 0 Å². The lowest BCUT2D eigenvalue weighted by molar-refractivity contribution is -0.136. The van der Waals surface area contributed by atoms with Crippen LogP contribution in [0.25, 0.3) is 0 Å². The number of likely N-dealkylation sites (tertiary alicyclic amines) is 2. The summed E-state index contributed by atoms with van der Waals surface area (Å²) in [5.41, 5.74) is -0.484. The largest absolute Gasteiger partial charge is 0.348 e. The first-order chi connectivity index (χ1) is 13.1.